The van der Waals surface area contributed by atoms with Crippen LogP contribution in [0.4, 0.5) is 0 Å². The van der Waals surface area contributed by atoms with E-state index >= 15 is 0 Å². The van der Waals surface area contributed by atoms with Gasteiger partial charge in [-0.05, 0) is 42.2 Å². The second-order valence-electron chi connectivity index (χ2n) is 6.70. The number of aliphatic hydroxyl groups excluding tert-OH is 1. The largest absolute Gasteiger partial charge is 0.496 e. The predicted octanol–water partition coefficient (Wildman–Crippen LogP) is 4.21. The number of methoxy groups -OCH3 is 1. The van der Waals surface area contributed by atoms with E-state index in [1.165, 1.54) is 25.7 Å². The van der Waals surface area contributed by atoms with E-state index in [4.69, 9.17) is 4.74 Å². The van der Waals surface area contributed by atoms with Crippen LogP contribution in [0.1, 0.15) is 51.5 Å². The number of rotatable bonds is 6. The Morgan fingerprint density at radius 3 is 2.45 bits per heavy atom. The Morgan fingerprint density at radius 2 is 1.85 bits per heavy atom. The van der Waals surface area contributed by atoms with E-state index in [1.54, 1.807) is 7.11 Å². The second kappa shape index (κ2) is 6.62. The lowest BCUT2D eigenvalue weighted by atomic mass is 9.72. The van der Waals surface area contributed by atoms with E-state index in [1.807, 2.05) is 18.2 Å². The highest BCUT2D eigenvalue weighted by Crippen LogP contribution is 2.47. The Hall–Kier alpha value is -1.02. The Balaban J connectivity index is 2.14. The fourth-order valence-corrected chi connectivity index (χ4v) is 3.86. The Morgan fingerprint density at radius 1 is 1.20 bits per heavy atom. The fourth-order valence-electron chi connectivity index (χ4n) is 3.86. The van der Waals surface area contributed by atoms with Crippen molar-refractivity contribution in [2.75, 3.05) is 7.11 Å². The van der Waals surface area contributed by atoms with E-state index < -0.39 is 0 Å². The van der Waals surface area contributed by atoms with Crippen molar-refractivity contribution in [3.05, 3.63) is 29.8 Å². The molecule has 2 nitrogen and oxygen atoms in total. The quantitative estimate of drug-likeness (QED) is 0.843. The third kappa shape index (κ3) is 3.35. The molecule has 0 saturated heterocycles. The van der Waals surface area contributed by atoms with Gasteiger partial charge < -0.3 is 9.84 Å². The zero-order valence-electron chi connectivity index (χ0n) is 13.1. The highest BCUT2D eigenvalue weighted by atomic mass is 16.5. The molecule has 1 fully saturated rings. The molecule has 1 aromatic rings. The molecule has 0 heterocycles. The molecule has 0 aromatic heterocycles. The number of aliphatic hydroxyl groups is 1. The molecular weight excluding hydrogens is 248 g/mol. The van der Waals surface area contributed by atoms with Gasteiger partial charge in [0.25, 0.3) is 0 Å². The van der Waals surface area contributed by atoms with Crippen molar-refractivity contribution in [2.24, 2.45) is 11.3 Å². The van der Waals surface area contributed by atoms with Crippen molar-refractivity contribution >= 4 is 0 Å². The highest BCUT2D eigenvalue weighted by molar-refractivity contribution is 5.34. The fraction of sp³-hybridized carbons (Fsp3) is 0.667. The molecule has 1 N–H and O–H groups in total. The maximum Gasteiger partial charge on any atom is 0.122 e. The van der Waals surface area contributed by atoms with Crippen LogP contribution in [0, 0.1) is 11.3 Å². The summed E-state index contributed by atoms with van der Waals surface area (Å²) in [5.41, 5.74) is 1.24. The molecule has 0 radical (unpaired) electrons. The summed E-state index contributed by atoms with van der Waals surface area (Å²) in [5, 5.41) is 10.9. The number of para-hydroxylation sites is 1. The van der Waals surface area contributed by atoms with Gasteiger partial charge in [0.2, 0.25) is 0 Å². The van der Waals surface area contributed by atoms with Crippen molar-refractivity contribution in [2.45, 2.75) is 58.5 Å². The molecule has 1 aliphatic rings. The lowest BCUT2D eigenvalue weighted by Crippen LogP contribution is -2.35. The maximum absolute atomic E-state index is 10.9. The van der Waals surface area contributed by atoms with Gasteiger partial charge >= 0.3 is 0 Å². The minimum atomic E-state index is -0.260. The van der Waals surface area contributed by atoms with Crippen molar-refractivity contribution in [1.29, 1.82) is 0 Å². The molecule has 1 unspecified atom stereocenters. The van der Waals surface area contributed by atoms with E-state index in [0.29, 0.717) is 12.3 Å². The zero-order chi connectivity index (χ0) is 14.6. The van der Waals surface area contributed by atoms with Crippen LogP contribution in [-0.4, -0.2) is 18.3 Å². The topological polar surface area (TPSA) is 29.5 Å². The van der Waals surface area contributed by atoms with Gasteiger partial charge in [-0.3, -0.25) is 0 Å². The number of ether oxygens (including phenoxy) is 1. The van der Waals surface area contributed by atoms with Gasteiger partial charge in [0.15, 0.2) is 0 Å². The predicted molar refractivity (Wildman–Crippen MR) is 83.1 cm³/mol. The van der Waals surface area contributed by atoms with E-state index in [9.17, 15) is 5.11 Å². The standard InChI is InChI=1S/C18H28O2/c1-14(2)13-18(10-6-7-11-18)17(19)12-15-8-4-5-9-16(15)20-3/h4-5,8-9,14,17,19H,6-7,10-13H2,1-3H3. The van der Waals surface area contributed by atoms with Crippen LogP contribution < -0.4 is 4.74 Å². The molecule has 112 valence electrons. The summed E-state index contributed by atoms with van der Waals surface area (Å²) >= 11 is 0. The van der Waals surface area contributed by atoms with Crippen molar-refractivity contribution in [3.63, 3.8) is 0 Å². The van der Waals surface area contributed by atoms with Gasteiger partial charge in [0.1, 0.15) is 5.75 Å². The Labute approximate surface area is 123 Å². The third-order valence-electron chi connectivity index (χ3n) is 4.73. The Kier molecular flexibility index (Phi) is 5.09. The highest BCUT2D eigenvalue weighted by Gasteiger charge is 2.40. The average Bonchev–Trinajstić information content (AvgIpc) is 2.88. The maximum atomic E-state index is 10.9. The van der Waals surface area contributed by atoms with Crippen LogP contribution in [0.2, 0.25) is 0 Å². The summed E-state index contributed by atoms with van der Waals surface area (Å²) in [5.74, 6) is 1.53. The van der Waals surface area contributed by atoms with Crippen LogP contribution >= 0.6 is 0 Å². The molecule has 0 aliphatic heterocycles. The number of hydrogen-bond donors (Lipinski definition) is 1. The Bertz CT molecular complexity index is 419. The number of hydrogen-bond acceptors (Lipinski definition) is 2. The van der Waals surface area contributed by atoms with E-state index in [-0.39, 0.29) is 11.5 Å². The SMILES string of the molecule is COc1ccccc1CC(O)C1(CC(C)C)CCCC1. The van der Waals surface area contributed by atoms with Crippen LogP contribution in [0.15, 0.2) is 24.3 Å². The van der Waals surface area contributed by atoms with Crippen LogP contribution in [0.25, 0.3) is 0 Å². The van der Waals surface area contributed by atoms with Gasteiger partial charge in [-0.15, -0.1) is 0 Å². The third-order valence-corrected chi connectivity index (χ3v) is 4.73. The summed E-state index contributed by atoms with van der Waals surface area (Å²) in [6, 6.07) is 8.05. The average molecular weight is 276 g/mol. The first-order chi connectivity index (χ1) is 9.57. The van der Waals surface area contributed by atoms with Gasteiger partial charge in [0.05, 0.1) is 13.2 Å². The summed E-state index contributed by atoms with van der Waals surface area (Å²) in [7, 11) is 1.70. The molecule has 1 aromatic carbocycles. The van der Waals surface area contributed by atoms with Crippen molar-refractivity contribution < 1.29 is 9.84 Å². The summed E-state index contributed by atoms with van der Waals surface area (Å²) in [4.78, 5) is 0. The first-order valence-electron chi connectivity index (χ1n) is 7.87. The second-order valence-corrected chi connectivity index (χ2v) is 6.70. The molecule has 0 bridgehead atoms. The van der Waals surface area contributed by atoms with Crippen LogP contribution in [-0.2, 0) is 6.42 Å². The van der Waals surface area contributed by atoms with Gasteiger partial charge in [-0.25, -0.2) is 0 Å². The minimum absolute atomic E-state index is 0.120. The summed E-state index contributed by atoms with van der Waals surface area (Å²) in [6.07, 6.45) is 6.43. The lowest BCUT2D eigenvalue weighted by Gasteiger charge is -2.36. The van der Waals surface area contributed by atoms with Crippen molar-refractivity contribution in [1.82, 2.24) is 0 Å². The first-order valence-corrected chi connectivity index (χ1v) is 7.87. The first kappa shape index (κ1) is 15.4. The normalized spacial score (nSPS) is 19.2. The summed E-state index contributed by atoms with van der Waals surface area (Å²) in [6.45, 7) is 4.52. The molecule has 20 heavy (non-hydrogen) atoms. The monoisotopic (exact) mass is 276 g/mol. The molecule has 0 spiro atoms. The lowest BCUT2D eigenvalue weighted by molar-refractivity contribution is 0.0130. The molecule has 0 amide bonds. The van der Waals surface area contributed by atoms with Crippen molar-refractivity contribution in [3.8, 4) is 5.75 Å². The smallest absolute Gasteiger partial charge is 0.122 e. The molecule has 1 atom stereocenters. The van der Waals surface area contributed by atoms with E-state index in [0.717, 1.165) is 17.7 Å². The summed E-state index contributed by atoms with van der Waals surface area (Å²) < 4.78 is 5.41. The zero-order valence-corrected chi connectivity index (χ0v) is 13.1. The van der Waals surface area contributed by atoms with Crippen LogP contribution in [0.3, 0.4) is 0 Å². The van der Waals surface area contributed by atoms with Gasteiger partial charge in [-0.2, -0.15) is 0 Å². The van der Waals surface area contributed by atoms with Gasteiger partial charge in [0, 0.05) is 6.42 Å². The number of benzene rings is 1. The molecule has 2 heteroatoms. The molecule has 1 saturated carbocycles. The molecule has 1 aliphatic carbocycles. The molecular formula is C18H28O2. The van der Waals surface area contributed by atoms with Gasteiger partial charge in [-0.1, -0.05) is 44.9 Å². The van der Waals surface area contributed by atoms with Crippen LogP contribution in [0.5, 0.6) is 5.75 Å². The minimum Gasteiger partial charge on any atom is -0.496 e. The molecule has 2 rings (SSSR count). The van der Waals surface area contributed by atoms with E-state index in [2.05, 4.69) is 19.9 Å².